The largest absolute Gasteiger partial charge is 0.343 e. The average Bonchev–Trinajstić information content (AvgIpc) is 3.00. The van der Waals surface area contributed by atoms with Gasteiger partial charge in [-0.25, -0.2) is 0 Å². The Morgan fingerprint density at radius 1 is 1.12 bits per heavy atom. The van der Waals surface area contributed by atoms with Crippen molar-refractivity contribution in [2.45, 2.75) is 18.9 Å². The Morgan fingerprint density at radius 2 is 1.83 bits per heavy atom. The van der Waals surface area contributed by atoms with Crippen LogP contribution >= 0.6 is 11.6 Å². The van der Waals surface area contributed by atoms with Gasteiger partial charge in [0.05, 0.1) is 16.6 Å². The molecule has 0 bridgehead atoms. The van der Waals surface area contributed by atoms with Crippen LogP contribution < -0.4 is 5.32 Å². The number of rotatable bonds is 5. The molecule has 1 atom stereocenters. The van der Waals surface area contributed by atoms with Gasteiger partial charge in [-0.05, 0) is 24.1 Å². The predicted molar refractivity (Wildman–Crippen MR) is 93.9 cm³/mol. The highest BCUT2D eigenvalue weighted by molar-refractivity contribution is 6.33. The summed E-state index contributed by atoms with van der Waals surface area (Å²) in [6, 6.07) is 16.4. The Morgan fingerprint density at radius 3 is 2.50 bits per heavy atom. The minimum absolute atomic E-state index is 0.142. The van der Waals surface area contributed by atoms with Crippen LogP contribution in [0.25, 0.3) is 0 Å². The molecule has 1 saturated heterocycles. The van der Waals surface area contributed by atoms with Crippen molar-refractivity contribution in [1.29, 1.82) is 0 Å². The Hall–Kier alpha value is -2.33. The van der Waals surface area contributed by atoms with Gasteiger partial charge in [-0.2, -0.15) is 0 Å². The van der Waals surface area contributed by atoms with E-state index in [1.165, 1.54) is 0 Å². The lowest BCUT2D eigenvalue weighted by Crippen LogP contribution is -2.38. The summed E-state index contributed by atoms with van der Waals surface area (Å²) in [5, 5.41) is 3.44. The third-order valence-corrected chi connectivity index (χ3v) is 4.53. The second-order valence-corrected chi connectivity index (χ2v) is 6.27. The first-order valence-electron chi connectivity index (χ1n) is 8.03. The van der Waals surface area contributed by atoms with E-state index < -0.39 is 0 Å². The normalized spacial score (nSPS) is 15.4. The quantitative estimate of drug-likeness (QED) is 0.905. The van der Waals surface area contributed by atoms with E-state index in [4.69, 9.17) is 11.6 Å². The van der Waals surface area contributed by atoms with Gasteiger partial charge >= 0.3 is 0 Å². The molecular weight excluding hydrogens is 324 g/mol. The maximum absolute atomic E-state index is 12.6. The Balaban J connectivity index is 1.81. The smallest absolute Gasteiger partial charge is 0.253 e. The third kappa shape index (κ3) is 3.77. The van der Waals surface area contributed by atoms with Crippen molar-refractivity contribution in [3.8, 4) is 0 Å². The number of nitrogens with zero attached hydrogens (tertiary/aromatic N) is 1. The van der Waals surface area contributed by atoms with E-state index in [9.17, 15) is 9.59 Å². The molecule has 0 saturated carbocycles. The van der Waals surface area contributed by atoms with Crippen molar-refractivity contribution in [3.63, 3.8) is 0 Å². The zero-order valence-corrected chi connectivity index (χ0v) is 14.0. The fraction of sp³-hybridized carbons (Fsp3) is 0.263. The molecule has 1 N–H and O–H groups in total. The van der Waals surface area contributed by atoms with Gasteiger partial charge in [0.25, 0.3) is 5.91 Å². The number of halogens is 1. The second kappa shape index (κ2) is 7.49. The summed E-state index contributed by atoms with van der Waals surface area (Å²) in [7, 11) is 0. The van der Waals surface area contributed by atoms with Crippen LogP contribution in [0.15, 0.2) is 54.6 Å². The molecule has 2 aromatic rings. The van der Waals surface area contributed by atoms with Crippen molar-refractivity contribution >= 4 is 23.4 Å². The number of likely N-dealkylation sites (tertiary alicyclic amines) is 1. The molecule has 24 heavy (non-hydrogen) atoms. The number of hydrogen-bond acceptors (Lipinski definition) is 2. The maximum Gasteiger partial charge on any atom is 0.253 e. The van der Waals surface area contributed by atoms with Crippen molar-refractivity contribution in [2.24, 2.45) is 0 Å². The minimum Gasteiger partial charge on any atom is -0.343 e. The number of nitrogens with one attached hydrogen (secondary N) is 1. The number of amides is 2. The lowest BCUT2D eigenvalue weighted by molar-refractivity contribution is -0.128. The van der Waals surface area contributed by atoms with E-state index in [1.807, 2.05) is 35.2 Å². The van der Waals surface area contributed by atoms with Gasteiger partial charge in [0.15, 0.2) is 0 Å². The number of hydrogen-bond donors (Lipinski definition) is 1. The first-order valence-corrected chi connectivity index (χ1v) is 8.41. The van der Waals surface area contributed by atoms with Crippen LogP contribution in [0.5, 0.6) is 0 Å². The molecule has 2 aromatic carbocycles. The molecule has 3 rings (SSSR count). The highest BCUT2D eigenvalue weighted by atomic mass is 35.5. The van der Waals surface area contributed by atoms with Crippen molar-refractivity contribution in [2.75, 3.05) is 13.1 Å². The summed E-state index contributed by atoms with van der Waals surface area (Å²) in [6.07, 6.45) is 1.46. The fourth-order valence-electron chi connectivity index (χ4n) is 2.92. The first-order chi connectivity index (χ1) is 11.6. The lowest BCUT2D eigenvalue weighted by Gasteiger charge is -2.25. The van der Waals surface area contributed by atoms with Gasteiger partial charge in [0.2, 0.25) is 5.91 Å². The average molecular weight is 343 g/mol. The fourth-order valence-corrected chi connectivity index (χ4v) is 3.14. The Bertz CT molecular complexity index is 733. The van der Waals surface area contributed by atoms with Crippen LogP contribution in [0.1, 0.15) is 34.8 Å². The lowest BCUT2D eigenvalue weighted by atomic mass is 10.1. The standard InChI is InChI=1S/C19H19ClN2O2/c20-16-10-5-4-9-15(16)19(24)21-17(14-7-2-1-3-8-14)13-22-12-6-11-18(22)23/h1-5,7-10,17H,6,11-13H2,(H,21,24). The third-order valence-electron chi connectivity index (χ3n) is 4.20. The van der Waals surface area contributed by atoms with Gasteiger partial charge < -0.3 is 10.2 Å². The van der Waals surface area contributed by atoms with E-state index >= 15 is 0 Å². The number of carbonyl (C=O) groups is 2. The van der Waals surface area contributed by atoms with E-state index in [0.717, 1.165) is 18.5 Å². The summed E-state index contributed by atoms with van der Waals surface area (Å²) in [5.41, 5.74) is 1.41. The SMILES string of the molecule is O=C(NC(CN1CCCC1=O)c1ccccc1)c1ccccc1Cl. The molecule has 1 aliphatic rings. The molecular formula is C19H19ClN2O2. The van der Waals surface area contributed by atoms with Crippen LogP contribution in [-0.4, -0.2) is 29.8 Å². The molecule has 0 aliphatic carbocycles. The summed E-state index contributed by atoms with van der Waals surface area (Å²) in [5.74, 6) is -0.0935. The van der Waals surface area contributed by atoms with Crippen LogP contribution in [-0.2, 0) is 4.79 Å². The summed E-state index contributed by atoms with van der Waals surface area (Å²) in [4.78, 5) is 26.4. The molecule has 124 valence electrons. The molecule has 1 fully saturated rings. The molecule has 1 aliphatic heterocycles. The second-order valence-electron chi connectivity index (χ2n) is 5.86. The van der Waals surface area contributed by atoms with Gasteiger partial charge in [-0.15, -0.1) is 0 Å². The molecule has 0 radical (unpaired) electrons. The molecule has 0 spiro atoms. The van der Waals surface area contributed by atoms with Crippen molar-refractivity contribution < 1.29 is 9.59 Å². The minimum atomic E-state index is -0.267. The Kier molecular flexibility index (Phi) is 5.16. The van der Waals surface area contributed by atoms with Gasteiger partial charge in [-0.1, -0.05) is 54.1 Å². The molecule has 1 unspecified atom stereocenters. The monoisotopic (exact) mass is 342 g/mol. The molecule has 2 amide bonds. The van der Waals surface area contributed by atoms with E-state index in [0.29, 0.717) is 23.6 Å². The number of benzene rings is 2. The highest BCUT2D eigenvalue weighted by Crippen LogP contribution is 2.21. The predicted octanol–water partition coefficient (Wildman–Crippen LogP) is 3.43. The van der Waals surface area contributed by atoms with Gasteiger partial charge in [0, 0.05) is 19.5 Å². The van der Waals surface area contributed by atoms with Gasteiger partial charge in [0.1, 0.15) is 0 Å². The van der Waals surface area contributed by atoms with E-state index in [2.05, 4.69) is 5.32 Å². The number of carbonyl (C=O) groups excluding carboxylic acids is 2. The van der Waals surface area contributed by atoms with E-state index in [1.54, 1.807) is 24.3 Å². The highest BCUT2D eigenvalue weighted by Gasteiger charge is 2.25. The molecule has 5 heteroatoms. The van der Waals surface area contributed by atoms with Crippen LogP contribution in [0, 0.1) is 0 Å². The zero-order valence-electron chi connectivity index (χ0n) is 13.2. The maximum atomic E-state index is 12.6. The molecule has 0 aromatic heterocycles. The van der Waals surface area contributed by atoms with E-state index in [-0.39, 0.29) is 17.9 Å². The molecule has 4 nitrogen and oxygen atoms in total. The van der Waals surface area contributed by atoms with Gasteiger partial charge in [-0.3, -0.25) is 9.59 Å². The van der Waals surface area contributed by atoms with Crippen LogP contribution in [0.2, 0.25) is 5.02 Å². The summed E-state index contributed by atoms with van der Waals surface area (Å²) >= 11 is 6.12. The van der Waals surface area contributed by atoms with Crippen LogP contribution in [0.4, 0.5) is 0 Å². The van der Waals surface area contributed by atoms with Crippen molar-refractivity contribution in [1.82, 2.24) is 10.2 Å². The summed E-state index contributed by atoms with van der Waals surface area (Å²) < 4.78 is 0. The van der Waals surface area contributed by atoms with Crippen molar-refractivity contribution in [3.05, 3.63) is 70.7 Å². The first kappa shape index (κ1) is 16.5. The summed E-state index contributed by atoms with van der Waals surface area (Å²) in [6.45, 7) is 1.21. The molecule has 1 heterocycles. The topological polar surface area (TPSA) is 49.4 Å². The Labute approximate surface area is 146 Å². The zero-order chi connectivity index (χ0) is 16.9. The van der Waals surface area contributed by atoms with Crippen LogP contribution in [0.3, 0.4) is 0 Å².